The Bertz CT molecular complexity index is 863. The molecule has 0 bridgehead atoms. The fraction of sp³-hybridized carbons (Fsp3) is 0.190. The predicted molar refractivity (Wildman–Crippen MR) is 105 cm³/mol. The molecule has 3 aromatic rings. The van der Waals surface area contributed by atoms with Crippen molar-refractivity contribution in [3.05, 3.63) is 78.1 Å². The summed E-state index contributed by atoms with van der Waals surface area (Å²) in [7, 11) is 0. The van der Waals surface area contributed by atoms with Gasteiger partial charge in [0.25, 0.3) is 5.91 Å². The van der Waals surface area contributed by atoms with E-state index in [1.54, 1.807) is 17.3 Å². The highest BCUT2D eigenvalue weighted by atomic mass is 16.2. The summed E-state index contributed by atoms with van der Waals surface area (Å²) in [6.45, 7) is 4.63. The van der Waals surface area contributed by atoms with Gasteiger partial charge in [-0.25, -0.2) is 9.97 Å². The average molecular weight is 346 g/mol. The van der Waals surface area contributed by atoms with E-state index in [4.69, 9.17) is 0 Å². The lowest BCUT2D eigenvalue weighted by molar-refractivity contribution is 0.0987. The van der Waals surface area contributed by atoms with Gasteiger partial charge in [0.05, 0.1) is 5.56 Å². The maximum absolute atomic E-state index is 12.8. The van der Waals surface area contributed by atoms with Gasteiger partial charge in [0.15, 0.2) is 0 Å². The largest absolute Gasteiger partial charge is 0.324 e. The average Bonchev–Trinajstić information content (AvgIpc) is 2.70. The van der Waals surface area contributed by atoms with Gasteiger partial charge >= 0.3 is 0 Å². The Morgan fingerprint density at radius 2 is 1.62 bits per heavy atom. The Morgan fingerprint density at radius 3 is 2.27 bits per heavy atom. The zero-order chi connectivity index (χ0) is 18.4. The molecule has 0 aliphatic carbocycles. The van der Waals surface area contributed by atoms with Gasteiger partial charge in [0.2, 0.25) is 5.95 Å². The van der Waals surface area contributed by atoms with Crippen LogP contribution in [0.1, 0.15) is 29.8 Å². The molecule has 0 aliphatic heterocycles. The second-order valence-corrected chi connectivity index (χ2v) is 5.82. The zero-order valence-corrected chi connectivity index (χ0v) is 15.0. The molecule has 0 saturated carbocycles. The SMILES string of the molecule is CCc1ccccc1Nc1ncc(C(=O)N(CC)c2ccccc2)cn1. The second kappa shape index (κ2) is 8.25. The maximum atomic E-state index is 12.8. The summed E-state index contributed by atoms with van der Waals surface area (Å²) in [4.78, 5) is 23.1. The van der Waals surface area contributed by atoms with Crippen molar-refractivity contribution in [1.29, 1.82) is 0 Å². The van der Waals surface area contributed by atoms with Crippen molar-refractivity contribution in [2.75, 3.05) is 16.8 Å². The van der Waals surface area contributed by atoms with Crippen molar-refractivity contribution < 1.29 is 4.79 Å². The molecule has 0 atom stereocenters. The smallest absolute Gasteiger partial charge is 0.261 e. The molecule has 26 heavy (non-hydrogen) atoms. The molecule has 0 aliphatic rings. The second-order valence-electron chi connectivity index (χ2n) is 5.82. The van der Waals surface area contributed by atoms with Crippen LogP contribution < -0.4 is 10.2 Å². The number of carbonyl (C=O) groups excluding carboxylic acids is 1. The quantitative estimate of drug-likeness (QED) is 0.716. The van der Waals surface area contributed by atoms with E-state index in [2.05, 4.69) is 28.3 Å². The first-order valence-electron chi connectivity index (χ1n) is 8.76. The van der Waals surface area contributed by atoms with E-state index in [0.29, 0.717) is 18.1 Å². The van der Waals surface area contributed by atoms with Crippen LogP contribution in [0.4, 0.5) is 17.3 Å². The number of anilines is 3. The Kier molecular flexibility index (Phi) is 5.59. The number of rotatable bonds is 6. The van der Waals surface area contributed by atoms with Crippen molar-refractivity contribution in [3.63, 3.8) is 0 Å². The third-order valence-electron chi connectivity index (χ3n) is 4.17. The number of nitrogens with zero attached hydrogens (tertiary/aromatic N) is 3. The number of nitrogens with one attached hydrogen (secondary N) is 1. The van der Waals surface area contributed by atoms with Crippen molar-refractivity contribution in [2.24, 2.45) is 0 Å². The Labute approximate surface area is 153 Å². The van der Waals surface area contributed by atoms with Gasteiger partial charge in [-0.3, -0.25) is 4.79 Å². The number of benzene rings is 2. The number of para-hydroxylation sites is 2. The van der Waals surface area contributed by atoms with E-state index >= 15 is 0 Å². The summed E-state index contributed by atoms with van der Waals surface area (Å²) in [5, 5.41) is 3.22. The fourth-order valence-corrected chi connectivity index (χ4v) is 2.78. The van der Waals surface area contributed by atoms with Crippen molar-refractivity contribution in [3.8, 4) is 0 Å². The normalized spacial score (nSPS) is 10.4. The number of aryl methyl sites for hydroxylation is 1. The van der Waals surface area contributed by atoms with Crippen LogP contribution in [0, 0.1) is 0 Å². The molecule has 0 saturated heterocycles. The lowest BCUT2D eigenvalue weighted by Gasteiger charge is -2.20. The van der Waals surface area contributed by atoms with Crippen LogP contribution in [0.25, 0.3) is 0 Å². The van der Waals surface area contributed by atoms with Crippen LogP contribution in [0.2, 0.25) is 0 Å². The van der Waals surface area contributed by atoms with Crippen LogP contribution >= 0.6 is 0 Å². The number of hydrogen-bond acceptors (Lipinski definition) is 4. The molecule has 1 N–H and O–H groups in total. The highest BCUT2D eigenvalue weighted by molar-refractivity contribution is 6.05. The lowest BCUT2D eigenvalue weighted by atomic mass is 10.1. The van der Waals surface area contributed by atoms with E-state index in [1.807, 2.05) is 55.5 Å². The minimum Gasteiger partial charge on any atom is -0.324 e. The third-order valence-corrected chi connectivity index (χ3v) is 4.17. The summed E-state index contributed by atoms with van der Waals surface area (Å²) in [5.41, 5.74) is 3.50. The lowest BCUT2D eigenvalue weighted by Crippen LogP contribution is -2.30. The minimum absolute atomic E-state index is 0.112. The number of carbonyl (C=O) groups is 1. The maximum Gasteiger partial charge on any atom is 0.261 e. The Hall–Kier alpha value is -3.21. The molecule has 3 rings (SSSR count). The number of amides is 1. The van der Waals surface area contributed by atoms with Gasteiger partial charge in [-0.2, -0.15) is 0 Å². The molecule has 1 aromatic heterocycles. The van der Waals surface area contributed by atoms with E-state index in [-0.39, 0.29) is 5.91 Å². The van der Waals surface area contributed by atoms with Gasteiger partial charge < -0.3 is 10.2 Å². The monoisotopic (exact) mass is 346 g/mol. The molecular weight excluding hydrogens is 324 g/mol. The molecule has 1 amide bonds. The molecule has 132 valence electrons. The van der Waals surface area contributed by atoms with Gasteiger partial charge in [0.1, 0.15) is 0 Å². The van der Waals surface area contributed by atoms with E-state index < -0.39 is 0 Å². The predicted octanol–water partition coefficient (Wildman–Crippen LogP) is 4.45. The molecule has 0 fully saturated rings. The summed E-state index contributed by atoms with van der Waals surface area (Å²) in [6.07, 6.45) is 4.05. The number of hydrogen-bond donors (Lipinski definition) is 1. The third kappa shape index (κ3) is 3.88. The van der Waals surface area contributed by atoms with Crippen LogP contribution in [0.5, 0.6) is 0 Å². The van der Waals surface area contributed by atoms with Gasteiger partial charge in [0, 0.05) is 30.3 Å². The number of aromatic nitrogens is 2. The highest BCUT2D eigenvalue weighted by Crippen LogP contribution is 2.20. The molecule has 2 aromatic carbocycles. The van der Waals surface area contributed by atoms with Crippen molar-refractivity contribution >= 4 is 23.2 Å². The summed E-state index contributed by atoms with van der Waals surface area (Å²) >= 11 is 0. The minimum atomic E-state index is -0.112. The van der Waals surface area contributed by atoms with E-state index in [0.717, 1.165) is 17.8 Å². The van der Waals surface area contributed by atoms with E-state index in [9.17, 15) is 4.79 Å². The van der Waals surface area contributed by atoms with E-state index in [1.165, 1.54) is 5.56 Å². The Balaban J connectivity index is 1.77. The molecular formula is C21H22N4O. The first kappa shape index (κ1) is 17.6. The summed E-state index contributed by atoms with van der Waals surface area (Å²) in [5.74, 6) is 0.365. The topological polar surface area (TPSA) is 58.1 Å². The highest BCUT2D eigenvalue weighted by Gasteiger charge is 2.16. The van der Waals surface area contributed by atoms with Crippen molar-refractivity contribution in [1.82, 2.24) is 9.97 Å². The summed E-state index contributed by atoms with van der Waals surface area (Å²) in [6, 6.07) is 17.6. The molecule has 0 radical (unpaired) electrons. The standard InChI is InChI=1S/C21H22N4O/c1-3-16-10-8-9-13-19(16)24-21-22-14-17(15-23-21)20(26)25(4-2)18-11-6-5-7-12-18/h5-15H,3-4H2,1-2H3,(H,22,23,24). The van der Waals surface area contributed by atoms with Crippen LogP contribution in [-0.4, -0.2) is 22.4 Å². The summed E-state index contributed by atoms with van der Waals surface area (Å²) < 4.78 is 0. The van der Waals surface area contributed by atoms with Gasteiger partial charge in [-0.15, -0.1) is 0 Å². The Morgan fingerprint density at radius 1 is 0.962 bits per heavy atom. The first-order chi connectivity index (χ1) is 12.7. The molecule has 5 nitrogen and oxygen atoms in total. The van der Waals surface area contributed by atoms with Gasteiger partial charge in [-0.05, 0) is 37.1 Å². The zero-order valence-electron chi connectivity index (χ0n) is 15.0. The first-order valence-corrected chi connectivity index (χ1v) is 8.76. The van der Waals surface area contributed by atoms with Gasteiger partial charge in [-0.1, -0.05) is 43.3 Å². The van der Waals surface area contributed by atoms with Crippen LogP contribution in [0.15, 0.2) is 67.0 Å². The van der Waals surface area contributed by atoms with Crippen molar-refractivity contribution in [2.45, 2.75) is 20.3 Å². The van der Waals surface area contributed by atoms with Crippen LogP contribution in [-0.2, 0) is 6.42 Å². The molecule has 0 unspecified atom stereocenters. The molecule has 0 spiro atoms. The molecule has 5 heteroatoms. The fourth-order valence-electron chi connectivity index (χ4n) is 2.78. The van der Waals surface area contributed by atoms with Crippen LogP contribution in [0.3, 0.4) is 0 Å². The molecule has 1 heterocycles.